The Morgan fingerprint density at radius 3 is 2.41 bits per heavy atom. The summed E-state index contributed by atoms with van der Waals surface area (Å²) < 4.78 is 0. The Morgan fingerprint density at radius 1 is 1.23 bits per heavy atom. The second-order valence-electron chi connectivity index (χ2n) is 6.84. The lowest BCUT2D eigenvalue weighted by Gasteiger charge is -2.38. The highest BCUT2D eigenvalue weighted by Crippen LogP contribution is 2.53. The maximum atomic E-state index is 4.37. The standard InChI is InChI=1S/C22H28/c1-7-11-17(4)21(16(2)3)22(6)15-20(14-18(22)5)19-12-9-8-10-13-19/h8-10,12-14,21H,2,4-5,7,11,15H2,1,3,6H3. The Hall–Kier alpha value is -1.82. The Balaban J connectivity index is 2.33. The van der Waals surface area contributed by atoms with Gasteiger partial charge in [0.15, 0.2) is 0 Å². The van der Waals surface area contributed by atoms with Crippen LogP contribution in [0.3, 0.4) is 0 Å². The van der Waals surface area contributed by atoms with Gasteiger partial charge in [-0.1, -0.05) is 87.6 Å². The summed E-state index contributed by atoms with van der Waals surface area (Å²) >= 11 is 0. The van der Waals surface area contributed by atoms with Crippen LogP contribution in [0.2, 0.25) is 0 Å². The molecule has 2 unspecified atom stereocenters. The second kappa shape index (κ2) is 6.52. The molecule has 2 atom stereocenters. The molecular formula is C22H28. The zero-order valence-corrected chi connectivity index (χ0v) is 14.3. The molecule has 116 valence electrons. The summed E-state index contributed by atoms with van der Waals surface area (Å²) in [6, 6.07) is 10.6. The van der Waals surface area contributed by atoms with Crippen molar-refractivity contribution in [3.63, 3.8) is 0 Å². The van der Waals surface area contributed by atoms with Crippen molar-refractivity contribution in [1.29, 1.82) is 0 Å². The first-order chi connectivity index (χ1) is 10.4. The highest BCUT2D eigenvalue weighted by Gasteiger charge is 2.41. The molecule has 0 N–H and O–H groups in total. The summed E-state index contributed by atoms with van der Waals surface area (Å²) in [5.74, 6) is 0.303. The molecule has 0 bridgehead atoms. The zero-order chi connectivity index (χ0) is 16.3. The van der Waals surface area contributed by atoms with Crippen LogP contribution >= 0.6 is 0 Å². The van der Waals surface area contributed by atoms with Crippen molar-refractivity contribution < 1.29 is 0 Å². The molecule has 0 spiro atoms. The van der Waals surface area contributed by atoms with Crippen LogP contribution in [0.25, 0.3) is 5.57 Å². The van der Waals surface area contributed by atoms with Crippen LogP contribution < -0.4 is 0 Å². The molecule has 0 radical (unpaired) electrons. The maximum Gasteiger partial charge on any atom is 0.00961 e. The van der Waals surface area contributed by atoms with Crippen LogP contribution in [0.1, 0.15) is 45.6 Å². The SMILES string of the molecule is C=C(C)C(C(=C)CCC)C1(C)CC(c2ccccc2)=CC1=C. The summed E-state index contributed by atoms with van der Waals surface area (Å²) in [5, 5.41) is 0. The van der Waals surface area contributed by atoms with Crippen LogP contribution in [0, 0.1) is 11.3 Å². The van der Waals surface area contributed by atoms with E-state index in [1.807, 2.05) is 0 Å². The van der Waals surface area contributed by atoms with Gasteiger partial charge in [-0.05, 0) is 36.5 Å². The van der Waals surface area contributed by atoms with E-state index in [-0.39, 0.29) is 5.41 Å². The van der Waals surface area contributed by atoms with E-state index in [0.717, 1.165) is 19.3 Å². The summed E-state index contributed by atoms with van der Waals surface area (Å²) in [7, 11) is 0. The van der Waals surface area contributed by atoms with Crippen LogP contribution in [-0.4, -0.2) is 0 Å². The largest absolute Gasteiger partial charge is 0.0995 e. The van der Waals surface area contributed by atoms with Gasteiger partial charge in [-0.3, -0.25) is 0 Å². The molecule has 1 aliphatic rings. The lowest BCUT2D eigenvalue weighted by molar-refractivity contribution is 0.329. The number of hydrogen-bond acceptors (Lipinski definition) is 0. The van der Waals surface area contributed by atoms with E-state index in [9.17, 15) is 0 Å². The first kappa shape index (κ1) is 16.5. The van der Waals surface area contributed by atoms with Gasteiger partial charge in [0, 0.05) is 11.3 Å². The van der Waals surface area contributed by atoms with E-state index in [1.165, 1.54) is 27.9 Å². The van der Waals surface area contributed by atoms with Crippen LogP contribution in [-0.2, 0) is 0 Å². The topological polar surface area (TPSA) is 0 Å². The summed E-state index contributed by atoms with van der Waals surface area (Å²) in [5.41, 5.74) is 6.38. The molecule has 0 fully saturated rings. The Kier molecular flexibility index (Phi) is 4.90. The molecule has 0 heterocycles. The third kappa shape index (κ3) is 3.02. The monoisotopic (exact) mass is 292 g/mol. The van der Waals surface area contributed by atoms with Crippen molar-refractivity contribution in [2.45, 2.75) is 40.0 Å². The number of allylic oxidation sites excluding steroid dienone is 5. The molecule has 2 rings (SSSR count). The first-order valence-electron chi connectivity index (χ1n) is 8.18. The molecule has 1 aromatic rings. The number of benzene rings is 1. The molecule has 1 aliphatic carbocycles. The highest BCUT2D eigenvalue weighted by atomic mass is 14.4. The van der Waals surface area contributed by atoms with E-state index in [0.29, 0.717) is 5.92 Å². The maximum absolute atomic E-state index is 4.37. The van der Waals surface area contributed by atoms with Gasteiger partial charge in [0.2, 0.25) is 0 Å². The predicted octanol–water partition coefficient (Wildman–Crippen LogP) is 6.58. The first-order valence-corrected chi connectivity index (χ1v) is 8.18. The smallest absolute Gasteiger partial charge is 0.00961 e. The van der Waals surface area contributed by atoms with Crippen molar-refractivity contribution in [2.75, 3.05) is 0 Å². The van der Waals surface area contributed by atoms with E-state index in [1.54, 1.807) is 0 Å². The fourth-order valence-electron chi connectivity index (χ4n) is 3.87. The van der Waals surface area contributed by atoms with Crippen LogP contribution in [0.15, 0.2) is 72.9 Å². The molecular weight excluding hydrogens is 264 g/mol. The van der Waals surface area contributed by atoms with Crippen molar-refractivity contribution in [2.24, 2.45) is 11.3 Å². The average molecular weight is 292 g/mol. The third-order valence-corrected chi connectivity index (χ3v) is 4.89. The van der Waals surface area contributed by atoms with Gasteiger partial charge in [0.25, 0.3) is 0 Å². The lowest BCUT2D eigenvalue weighted by atomic mass is 9.66. The zero-order valence-electron chi connectivity index (χ0n) is 14.3. The Labute approximate surface area is 136 Å². The molecule has 0 saturated carbocycles. The summed E-state index contributed by atoms with van der Waals surface area (Å²) in [4.78, 5) is 0. The van der Waals surface area contributed by atoms with Gasteiger partial charge in [-0.15, -0.1) is 0 Å². The summed E-state index contributed by atoms with van der Waals surface area (Å²) in [6.45, 7) is 19.6. The average Bonchev–Trinajstić information content (AvgIpc) is 2.76. The van der Waals surface area contributed by atoms with Gasteiger partial charge in [-0.2, -0.15) is 0 Å². The molecule has 22 heavy (non-hydrogen) atoms. The minimum absolute atomic E-state index is 0.00324. The fourth-order valence-corrected chi connectivity index (χ4v) is 3.87. The number of hydrogen-bond donors (Lipinski definition) is 0. The minimum atomic E-state index is 0.00324. The predicted molar refractivity (Wildman–Crippen MR) is 98.6 cm³/mol. The van der Waals surface area contributed by atoms with Crippen molar-refractivity contribution in [3.05, 3.63) is 78.4 Å². The molecule has 0 aromatic heterocycles. The lowest BCUT2D eigenvalue weighted by Crippen LogP contribution is -2.28. The molecule has 0 amide bonds. The van der Waals surface area contributed by atoms with Gasteiger partial charge in [0.05, 0.1) is 0 Å². The summed E-state index contributed by atoms with van der Waals surface area (Å²) in [6.07, 6.45) is 5.46. The van der Waals surface area contributed by atoms with Gasteiger partial charge in [-0.25, -0.2) is 0 Å². The van der Waals surface area contributed by atoms with Crippen molar-refractivity contribution in [1.82, 2.24) is 0 Å². The second-order valence-corrected chi connectivity index (χ2v) is 6.84. The van der Waals surface area contributed by atoms with Crippen molar-refractivity contribution in [3.8, 4) is 0 Å². The molecule has 1 aromatic carbocycles. The van der Waals surface area contributed by atoms with Crippen molar-refractivity contribution >= 4 is 5.57 Å². The highest BCUT2D eigenvalue weighted by molar-refractivity contribution is 5.73. The fraction of sp³-hybridized carbons (Fsp3) is 0.364. The quantitative estimate of drug-likeness (QED) is 0.519. The van der Waals surface area contributed by atoms with E-state index in [2.05, 4.69) is 76.9 Å². The van der Waals surface area contributed by atoms with Gasteiger partial charge < -0.3 is 0 Å². The van der Waals surface area contributed by atoms with E-state index >= 15 is 0 Å². The normalized spacial score (nSPS) is 22.3. The molecule has 0 aliphatic heterocycles. The Bertz CT molecular complexity index is 615. The minimum Gasteiger partial charge on any atom is -0.0995 e. The molecule has 0 nitrogen and oxygen atoms in total. The molecule has 0 saturated heterocycles. The van der Waals surface area contributed by atoms with Crippen LogP contribution in [0.4, 0.5) is 0 Å². The van der Waals surface area contributed by atoms with Crippen LogP contribution in [0.5, 0.6) is 0 Å². The van der Waals surface area contributed by atoms with E-state index in [4.69, 9.17) is 0 Å². The Morgan fingerprint density at radius 2 is 1.86 bits per heavy atom. The molecule has 0 heteroatoms. The van der Waals surface area contributed by atoms with E-state index < -0.39 is 0 Å². The van der Waals surface area contributed by atoms with Gasteiger partial charge in [0.1, 0.15) is 0 Å². The number of rotatable bonds is 6. The van der Waals surface area contributed by atoms with Gasteiger partial charge >= 0.3 is 0 Å². The third-order valence-electron chi connectivity index (χ3n) is 4.89.